The lowest BCUT2D eigenvalue weighted by Crippen LogP contribution is -2.41. The van der Waals surface area contributed by atoms with E-state index in [9.17, 15) is 23.6 Å². The molecule has 0 spiro atoms. The second-order valence-electron chi connectivity index (χ2n) is 7.75. The number of hydrogen-bond donors (Lipinski definition) is 1. The molecule has 0 radical (unpaired) electrons. The van der Waals surface area contributed by atoms with Crippen LogP contribution in [0.15, 0.2) is 33.6 Å². The zero-order chi connectivity index (χ0) is 24.7. The molecule has 0 aliphatic rings. The number of imidazole rings is 1. The van der Waals surface area contributed by atoms with Crippen molar-refractivity contribution in [3.63, 3.8) is 0 Å². The molecule has 13 heteroatoms. The average Bonchev–Trinajstić information content (AvgIpc) is 3.44. The van der Waals surface area contributed by atoms with Gasteiger partial charge in [-0.15, -0.1) is 11.3 Å². The van der Waals surface area contributed by atoms with E-state index in [1.807, 2.05) is 0 Å². The minimum absolute atomic E-state index is 0.0196. The summed E-state index contributed by atoms with van der Waals surface area (Å²) in [4.78, 5) is 62.3. The van der Waals surface area contributed by atoms with E-state index in [-0.39, 0.29) is 35.0 Å². The number of aryl methyl sites for hydroxylation is 2. The Morgan fingerprint density at radius 3 is 2.68 bits per heavy atom. The topological polar surface area (TPSA) is 134 Å². The molecule has 0 saturated heterocycles. The molecule has 0 bridgehead atoms. The van der Waals surface area contributed by atoms with Gasteiger partial charge in [0.2, 0.25) is 5.91 Å². The third-order valence-electron chi connectivity index (χ3n) is 5.26. The predicted octanol–water partition coefficient (Wildman–Crippen LogP) is 1.65. The van der Waals surface area contributed by atoms with Crippen molar-refractivity contribution in [3.8, 4) is 10.6 Å². The average molecular weight is 486 g/mol. The van der Waals surface area contributed by atoms with Crippen LogP contribution in [0.5, 0.6) is 0 Å². The fourth-order valence-corrected chi connectivity index (χ4v) is 4.12. The van der Waals surface area contributed by atoms with Crippen molar-refractivity contribution in [2.24, 2.45) is 7.05 Å². The lowest BCUT2D eigenvalue weighted by atomic mass is 10.2. The molecular weight excluding hydrogens is 465 g/mol. The number of amides is 1. The molecule has 1 N–H and O–H groups in total. The van der Waals surface area contributed by atoms with Crippen molar-refractivity contribution in [2.75, 3.05) is 5.32 Å². The normalized spacial score (nSPS) is 12.1. The van der Waals surface area contributed by atoms with Crippen molar-refractivity contribution >= 4 is 40.0 Å². The first-order valence-corrected chi connectivity index (χ1v) is 11.0. The van der Waals surface area contributed by atoms with Crippen LogP contribution in [0.2, 0.25) is 0 Å². The van der Waals surface area contributed by atoms with Crippen LogP contribution >= 0.6 is 11.3 Å². The van der Waals surface area contributed by atoms with Crippen LogP contribution in [-0.2, 0) is 23.2 Å². The monoisotopic (exact) mass is 485 g/mol. The van der Waals surface area contributed by atoms with E-state index in [1.165, 1.54) is 48.5 Å². The Labute approximate surface area is 195 Å². The summed E-state index contributed by atoms with van der Waals surface area (Å²) in [6.45, 7) is 4.00. The highest BCUT2D eigenvalue weighted by atomic mass is 32.1. The molecule has 0 saturated carbocycles. The molecule has 0 aliphatic carbocycles. The van der Waals surface area contributed by atoms with Crippen molar-refractivity contribution in [1.82, 2.24) is 28.7 Å². The highest BCUT2D eigenvalue weighted by Crippen LogP contribution is 2.27. The van der Waals surface area contributed by atoms with E-state index in [0.717, 1.165) is 9.13 Å². The summed E-state index contributed by atoms with van der Waals surface area (Å²) in [5.74, 6) is -1.05. The molecule has 4 heterocycles. The number of nitrogens with one attached hydrogen (secondary N) is 1. The van der Waals surface area contributed by atoms with Crippen LogP contribution in [0.4, 0.5) is 10.2 Å². The molecule has 0 unspecified atom stereocenters. The molecule has 4 rings (SSSR count). The maximum Gasteiger partial charge on any atom is 0.332 e. The quantitative estimate of drug-likeness (QED) is 0.439. The zero-order valence-corrected chi connectivity index (χ0v) is 19.5. The van der Waals surface area contributed by atoms with Crippen molar-refractivity contribution in [3.05, 3.63) is 56.3 Å². The second-order valence-corrected chi connectivity index (χ2v) is 8.61. The molecule has 4 aromatic rings. The minimum atomic E-state index is -0.899. The number of Topliss-reactive ketones (excluding diaryl/α,β-unsaturated/α-hetero) is 1. The molecule has 0 fully saturated rings. The van der Waals surface area contributed by atoms with Gasteiger partial charge in [0.25, 0.3) is 5.56 Å². The lowest BCUT2D eigenvalue weighted by molar-refractivity contribution is -0.119. The summed E-state index contributed by atoms with van der Waals surface area (Å²) in [6.07, 6.45) is 2.79. The van der Waals surface area contributed by atoms with Crippen LogP contribution in [0, 0.1) is 12.7 Å². The van der Waals surface area contributed by atoms with Crippen LogP contribution in [-0.4, -0.2) is 40.3 Å². The number of anilines is 1. The minimum Gasteiger partial charge on any atom is -0.312 e. The van der Waals surface area contributed by atoms with Gasteiger partial charge in [0, 0.05) is 24.2 Å². The van der Waals surface area contributed by atoms with Gasteiger partial charge >= 0.3 is 5.69 Å². The molecular formula is C21H20FN7O4S. The van der Waals surface area contributed by atoms with E-state index in [4.69, 9.17) is 0 Å². The number of hydrogen-bond acceptors (Lipinski definition) is 8. The Morgan fingerprint density at radius 2 is 2.00 bits per heavy atom. The maximum absolute atomic E-state index is 13.8. The third-order valence-corrected chi connectivity index (χ3v) is 6.15. The predicted molar refractivity (Wildman–Crippen MR) is 123 cm³/mol. The number of carbonyl (C=O) groups excluding carboxylic acids is 2. The van der Waals surface area contributed by atoms with Gasteiger partial charge in [0.05, 0.1) is 18.6 Å². The molecule has 4 aromatic heterocycles. The first-order valence-electron chi connectivity index (χ1n) is 10.1. The number of ketones is 1. The summed E-state index contributed by atoms with van der Waals surface area (Å²) in [5.41, 5.74) is -0.517. The number of halogens is 1. The number of fused-ring (bicyclic) bond motifs is 1. The zero-order valence-electron chi connectivity index (χ0n) is 18.7. The smallest absolute Gasteiger partial charge is 0.312 e. The van der Waals surface area contributed by atoms with Crippen LogP contribution in [0.25, 0.3) is 21.7 Å². The van der Waals surface area contributed by atoms with Crippen LogP contribution < -0.4 is 16.6 Å². The van der Waals surface area contributed by atoms with Gasteiger partial charge in [0.15, 0.2) is 11.2 Å². The molecule has 11 nitrogen and oxygen atoms in total. The summed E-state index contributed by atoms with van der Waals surface area (Å²) < 4.78 is 17.1. The SMILES string of the molecule is CC(=O)Cn1c(=O)c2c(ncn2[C@@H](C)C(=O)Nc2csc(-c3cnc(C)c(F)c3)n2)n(C)c1=O. The standard InChI is InChI=1S/C21H20FN7O4S/c1-10(30)7-28-20(32)16-17(27(4)21(28)33)24-9-29(16)12(3)18(31)25-15-8-34-19(26-15)13-5-14(22)11(2)23-6-13/h5-6,8-9,12H,7H2,1-4H3,(H,25,31)/t12-/m0/s1. The van der Waals surface area contributed by atoms with Crippen LogP contribution in [0.3, 0.4) is 0 Å². The van der Waals surface area contributed by atoms with E-state index >= 15 is 0 Å². The molecule has 34 heavy (non-hydrogen) atoms. The van der Waals surface area contributed by atoms with E-state index in [1.54, 1.807) is 19.2 Å². The van der Waals surface area contributed by atoms with Gasteiger partial charge in [0.1, 0.15) is 28.5 Å². The first-order chi connectivity index (χ1) is 16.1. The molecule has 0 aliphatic heterocycles. The second kappa shape index (κ2) is 8.74. The molecule has 176 valence electrons. The van der Waals surface area contributed by atoms with Gasteiger partial charge in [-0.1, -0.05) is 0 Å². The molecule has 1 atom stereocenters. The van der Waals surface area contributed by atoms with Crippen molar-refractivity contribution in [1.29, 1.82) is 0 Å². The lowest BCUT2D eigenvalue weighted by Gasteiger charge is -2.14. The summed E-state index contributed by atoms with van der Waals surface area (Å²) in [5, 5.41) is 4.75. The Balaban J connectivity index is 1.64. The Hall–Kier alpha value is -4.00. The number of rotatable bonds is 6. The Morgan fingerprint density at radius 1 is 1.26 bits per heavy atom. The van der Waals surface area contributed by atoms with Crippen molar-refractivity contribution < 1.29 is 14.0 Å². The van der Waals surface area contributed by atoms with Gasteiger partial charge in [-0.05, 0) is 26.8 Å². The fraction of sp³-hybridized carbons (Fsp3) is 0.286. The highest BCUT2D eigenvalue weighted by molar-refractivity contribution is 7.13. The first kappa shape index (κ1) is 23.2. The largest absolute Gasteiger partial charge is 0.332 e. The molecule has 0 aromatic carbocycles. The molecule has 1 amide bonds. The Kier molecular flexibility index (Phi) is 5.96. The van der Waals surface area contributed by atoms with E-state index in [0.29, 0.717) is 10.6 Å². The number of pyridine rings is 1. The third kappa shape index (κ3) is 4.05. The summed E-state index contributed by atoms with van der Waals surface area (Å²) in [7, 11) is 1.43. The summed E-state index contributed by atoms with van der Waals surface area (Å²) >= 11 is 1.21. The number of aromatic nitrogens is 6. The highest BCUT2D eigenvalue weighted by Gasteiger charge is 2.23. The number of carbonyl (C=O) groups is 2. The van der Waals surface area contributed by atoms with Crippen LogP contribution in [0.1, 0.15) is 25.6 Å². The van der Waals surface area contributed by atoms with Gasteiger partial charge < -0.3 is 9.88 Å². The van der Waals surface area contributed by atoms with E-state index in [2.05, 4.69) is 20.3 Å². The number of thiazole rings is 1. The van der Waals surface area contributed by atoms with Gasteiger partial charge in [-0.25, -0.2) is 19.2 Å². The number of nitrogens with zero attached hydrogens (tertiary/aromatic N) is 6. The maximum atomic E-state index is 13.8. The Bertz CT molecular complexity index is 1570. The van der Waals surface area contributed by atoms with Crippen molar-refractivity contribution in [2.45, 2.75) is 33.4 Å². The fourth-order valence-electron chi connectivity index (χ4n) is 3.39. The van der Waals surface area contributed by atoms with Gasteiger partial charge in [-0.3, -0.25) is 28.5 Å². The van der Waals surface area contributed by atoms with E-state index < -0.39 is 29.0 Å². The summed E-state index contributed by atoms with van der Waals surface area (Å²) in [6, 6.07) is 0.424. The van der Waals surface area contributed by atoms with Gasteiger partial charge in [-0.2, -0.15) is 0 Å².